The lowest BCUT2D eigenvalue weighted by Gasteiger charge is -2.24. The predicted molar refractivity (Wildman–Crippen MR) is 128 cm³/mol. The molecule has 0 radical (unpaired) electrons. The van der Waals surface area contributed by atoms with Gasteiger partial charge in [0.2, 0.25) is 0 Å². The number of aromatic amines is 1. The molecule has 0 spiro atoms. The third-order valence-electron chi connectivity index (χ3n) is 6.10. The quantitative estimate of drug-likeness (QED) is 0.268. The molecule has 4 rings (SSSR count). The third kappa shape index (κ3) is 6.81. The van der Waals surface area contributed by atoms with E-state index in [1.807, 2.05) is 6.07 Å². The standard InChI is InChI=1S/C23H30F2N8O2/c24-19(25)13-33(10-2-1-5-16-7-6-15-4-3-9-26-20(15)30-16)11-8-18(23(34)35)31-21-17-12-29-32-22(17)28-14-27-21/h6-7,12,14,18-19H,1-5,8-11,13H2,(H,26,30)(H,34,35)(H2,27,28,29,31,32)/t18-/m0/s1. The SMILES string of the molecule is O=C(O)[C@H](CCN(CCCCc1ccc2c(n1)NCCC2)CC(F)F)Nc1ncnc2[nH]ncc12. The highest BCUT2D eigenvalue weighted by Gasteiger charge is 2.22. The molecule has 0 saturated carbocycles. The van der Waals surface area contributed by atoms with Crippen molar-refractivity contribution in [2.45, 2.75) is 51.0 Å². The highest BCUT2D eigenvalue weighted by molar-refractivity contribution is 5.88. The summed E-state index contributed by atoms with van der Waals surface area (Å²) in [5.74, 6) is 0.213. The van der Waals surface area contributed by atoms with Crippen molar-refractivity contribution in [1.82, 2.24) is 30.0 Å². The van der Waals surface area contributed by atoms with Crippen LogP contribution < -0.4 is 10.6 Å². The van der Waals surface area contributed by atoms with Crippen LogP contribution in [-0.2, 0) is 17.6 Å². The molecule has 0 saturated heterocycles. The van der Waals surface area contributed by atoms with Crippen LogP contribution in [0.5, 0.6) is 0 Å². The number of hydrogen-bond donors (Lipinski definition) is 4. The van der Waals surface area contributed by atoms with Crippen LogP contribution >= 0.6 is 0 Å². The average Bonchev–Trinajstić information content (AvgIpc) is 3.33. The summed E-state index contributed by atoms with van der Waals surface area (Å²) < 4.78 is 26.3. The van der Waals surface area contributed by atoms with Crippen LogP contribution in [0.25, 0.3) is 11.0 Å². The number of unbranched alkanes of at least 4 members (excludes halogenated alkanes) is 1. The Morgan fingerprint density at radius 2 is 2.11 bits per heavy atom. The molecule has 0 aliphatic carbocycles. The maximum Gasteiger partial charge on any atom is 0.326 e. The fourth-order valence-corrected chi connectivity index (χ4v) is 4.25. The number of rotatable bonds is 13. The number of aryl methyl sites for hydroxylation is 2. The van der Waals surface area contributed by atoms with E-state index in [2.05, 4.69) is 41.8 Å². The first-order valence-electron chi connectivity index (χ1n) is 11.9. The third-order valence-corrected chi connectivity index (χ3v) is 6.10. The minimum atomic E-state index is -2.49. The van der Waals surface area contributed by atoms with Gasteiger partial charge >= 0.3 is 5.97 Å². The predicted octanol–water partition coefficient (Wildman–Crippen LogP) is 2.95. The average molecular weight is 489 g/mol. The summed E-state index contributed by atoms with van der Waals surface area (Å²) in [5, 5.41) is 23.0. The van der Waals surface area contributed by atoms with Gasteiger partial charge in [0.05, 0.1) is 18.1 Å². The Kier molecular flexibility index (Phi) is 8.35. The molecule has 35 heavy (non-hydrogen) atoms. The second-order valence-electron chi connectivity index (χ2n) is 8.67. The fourth-order valence-electron chi connectivity index (χ4n) is 4.25. The molecule has 0 fully saturated rings. The molecule has 12 heteroatoms. The number of pyridine rings is 1. The van der Waals surface area contributed by atoms with Crippen LogP contribution in [0.2, 0.25) is 0 Å². The Balaban J connectivity index is 1.28. The normalized spacial score (nSPS) is 14.2. The maximum absolute atomic E-state index is 13.2. The number of carboxylic acids is 1. The zero-order valence-electron chi connectivity index (χ0n) is 19.4. The smallest absolute Gasteiger partial charge is 0.326 e. The van der Waals surface area contributed by atoms with Gasteiger partial charge in [0.1, 0.15) is 24.0 Å². The van der Waals surface area contributed by atoms with Crippen LogP contribution in [0.3, 0.4) is 0 Å². The summed E-state index contributed by atoms with van der Waals surface area (Å²) in [5.41, 5.74) is 2.71. The number of aromatic nitrogens is 5. The second-order valence-corrected chi connectivity index (χ2v) is 8.67. The second kappa shape index (κ2) is 11.8. The number of hydrogen-bond acceptors (Lipinski definition) is 8. The molecule has 4 N–H and O–H groups in total. The molecule has 188 valence electrons. The van der Waals surface area contributed by atoms with Gasteiger partial charge in [-0.2, -0.15) is 5.10 Å². The van der Waals surface area contributed by atoms with Gasteiger partial charge in [0, 0.05) is 18.8 Å². The van der Waals surface area contributed by atoms with E-state index in [0.717, 1.165) is 43.7 Å². The van der Waals surface area contributed by atoms with Gasteiger partial charge in [0.15, 0.2) is 5.65 Å². The number of anilines is 2. The molecule has 1 atom stereocenters. The minimum Gasteiger partial charge on any atom is -0.480 e. The lowest BCUT2D eigenvalue weighted by Crippen LogP contribution is -2.37. The van der Waals surface area contributed by atoms with Crippen molar-refractivity contribution in [3.63, 3.8) is 0 Å². The van der Waals surface area contributed by atoms with Crippen LogP contribution in [-0.4, -0.2) is 79.8 Å². The summed E-state index contributed by atoms with van der Waals surface area (Å²) in [6.07, 6.45) is 4.90. The van der Waals surface area contributed by atoms with E-state index in [0.29, 0.717) is 29.8 Å². The van der Waals surface area contributed by atoms with E-state index >= 15 is 0 Å². The Hall–Kier alpha value is -3.41. The van der Waals surface area contributed by atoms with Crippen molar-refractivity contribution in [2.24, 2.45) is 0 Å². The molecule has 10 nitrogen and oxygen atoms in total. The molecular weight excluding hydrogens is 458 g/mol. The number of alkyl halides is 2. The van der Waals surface area contributed by atoms with E-state index in [1.54, 1.807) is 4.90 Å². The fraction of sp³-hybridized carbons (Fsp3) is 0.522. The van der Waals surface area contributed by atoms with E-state index in [-0.39, 0.29) is 13.0 Å². The summed E-state index contributed by atoms with van der Waals surface area (Å²) in [7, 11) is 0. The highest BCUT2D eigenvalue weighted by atomic mass is 19.3. The first-order chi connectivity index (χ1) is 17.0. The Bertz CT molecular complexity index is 1130. The number of nitrogens with one attached hydrogen (secondary N) is 3. The highest BCUT2D eigenvalue weighted by Crippen LogP contribution is 2.21. The Morgan fingerprint density at radius 3 is 2.94 bits per heavy atom. The number of aliphatic carboxylic acids is 1. The maximum atomic E-state index is 13.2. The van der Waals surface area contributed by atoms with E-state index in [9.17, 15) is 18.7 Å². The number of H-pyrrole nitrogens is 1. The molecule has 0 bridgehead atoms. The zero-order valence-corrected chi connectivity index (χ0v) is 19.4. The van der Waals surface area contributed by atoms with Crippen LogP contribution in [0.4, 0.5) is 20.4 Å². The summed E-state index contributed by atoms with van der Waals surface area (Å²) in [6, 6.07) is 3.16. The van der Waals surface area contributed by atoms with Crippen molar-refractivity contribution in [3.8, 4) is 0 Å². The molecule has 1 aliphatic rings. The van der Waals surface area contributed by atoms with Crippen molar-refractivity contribution in [1.29, 1.82) is 0 Å². The number of nitrogens with zero attached hydrogens (tertiary/aromatic N) is 5. The van der Waals surface area contributed by atoms with Gasteiger partial charge < -0.3 is 15.7 Å². The van der Waals surface area contributed by atoms with Gasteiger partial charge in [-0.15, -0.1) is 0 Å². The minimum absolute atomic E-state index is 0.142. The van der Waals surface area contributed by atoms with Crippen LogP contribution in [0, 0.1) is 0 Å². The van der Waals surface area contributed by atoms with Gasteiger partial charge in [-0.25, -0.2) is 28.5 Å². The van der Waals surface area contributed by atoms with E-state index in [4.69, 9.17) is 0 Å². The van der Waals surface area contributed by atoms with Crippen molar-refractivity contribution in [2.75, 3.05) is 36.8 Å². The molecular formula is C23H30F2N8O2. The summed E-state index contributed by atoms with van der Waals surface area (Å²) >= 11 is 0. The molecule has 0 unspecified atom stereocenters. The van der Waals surface area contributed by atoms with Gasteiger partial charge in [-0.3, -0.25) is 10.00 Å². The molecule has 3 aromatic heterocycles. The molecule has 4 heterocycles. The molecule has 3 aromatic rings. The number of fused-ring (bicyclic) bond motifs is 2. The molecule has 0 amide bonds. The van der Waals surface area contributed by atoms with Gasteiger partial charge in [-0.1, -0.05) is 6.07 Å². The first kappa shape index (κ1) is 24.7. The largest absolute Gasteiger partial charge is 0.480 e. The van der Waals surface area contributed by atoms with Crippen LogP contribution in [0.1, 0.15) is 36.9 Å². The monoisotopic (exact) mass is 488 g/mol. The lowest BCUT2D eigenvalue weighted by atomic mass is 10.1. The first-order valence-corrected chi connectivity index (χ1v) is 11.9. The van der Waals surface area contributed by atoms with E-state index < -0.39 is 25.0 Å². The topological polar surface area (TPSA) is 132 Å². The Morgan fingerprint density at radius 1 is 1.23 bits per heavy atom. The molecule has 0 aromatic carbocycles. The van der Waals surface area contributed by atoms with Gasteiger partial charge in [-0.05, 0) is 56.7 Å². The van der Waals surface area contributed by atoms with Crippen molar-refractivity contribution < 1.29 is 18.7 Å². The van der Waals surface area contributed by atoms with Gasteiger partial charge in [0.25, 0.3) is 6.43 Å². The van der Waals surface area contributed by atoms with E-state index in [1.165, 1.54) is 18.1 Å². The zero-order chi connectivity index (χ0) is 24.6. The summed E-state index contributed by atoms with van der Waals surface area (Å²) in [6.45, 7) is 1.21. The van der Waals surface area contributed by atoms with Crippen molar-refractivity contribution in [3.05, 3.63) is 35.9 Å². The van der Waals surface area contributed by atoms with Crippen molar-refractivity contribution >= 4 is 28.6 Å². The number of carbonyl (C=O) groups is 1. The summed E-state index contributed by atoms with van der Waals surface area (Å²) in [4.78, 5) is 26.3. The number of carboxylic acid groups (broad SMARTS) is 1. The van der Waals surface area contributed by atoms with Crippen LogP contribution in [0.15, 0.2) is 24.7 Å². The Labute approximate surface area is 201 Å². The molecule has 1 aliphatic heterocycles. The lowest BCUT2D eigenvalue weighted by molar-refractivity contribution is -0.138. The number of halogens is 2.